The minimum atomic E-state index is -3.30. The first-order chi connectivity index (χ1) is 12.2. The largest absolute Gasteiger partial charge is 0.488 e. The fourth-order valence-corrected chi connectivity index (χ4v) is 2.84. The van der Waals surface area contributed by atoms with Gasteiger partial charge in [0.1, 0.15) is 23.4 Å². The number of carboxylic acids is 1. The highest BCUT2D eigenvalue weighted by molar-refractivity contribution is 7.90. The molecule has 0 unspecified atom stereocenters. The molecule has 0 aliphatic heterocycles. The Morgan fingerprint density at radius 1 is 1.08 bits per heavy atom. The van der Waals surface area contributed by atoms with Gasteiger partial charge in [0.15, 0.2) is 9.84 Å². The van der Waals surface area contributed by atoms with Crippen molar-refractivity contribution >= 4 is 15.8 Å². The zero-order chi connectivity index (χ0) is 19.3. The predicted octanol–water partition coefficient (Wildman–Crippen LogP) is 2.99. The van der Waals surface area contributed by atoms with E-state index in [9.17, 15) is 18.3 Å². The van der Waals surface area contributed by atoms with Gasteiger partial charge in [-0.3, -0.25) is 0 Å². The highest BCUT2D eigenvalue weighted by Crippen LogP contribution is 2.29. The van der Waals surface area contributed by atoms with Crippen LogP contribution in [0.2, 0.25) is 0 Å². The molecule has 26 heavy (non-hydrogen) atoms. The van der Waals surface area contributed by atoms with E-state index in [0.29, 0.717) is 18.1 Å². The van der Waals surface area contributed by atoms with E-state index < -0.39 is 15.8 Å². The number of rotatable bonds is 8. The molecule has 8 heteroatoms. The standard InChI is InChI=1S/C18H20O7S/c1-12(11-23-2)24-15-8-13(18(19)20)9-16(10-15)25-14-4-6-17(7-5-14)26(3,21)22/h4-10,12H,11H2,1-3H3,(H,19,20)/t12-/m1/s1. The Morgan fingerprint density at radius 3 is 2.23 bits per heavy atom. The van der Waals surface area contributed by atoms with Crippen LogP contribution in [0.25, 0.3) is 0 Å². The van der Waals surface area contributed by atoms with Gasteiger partial charge in [-0.15, -0.1) is 0 Å². The molecule has 2 aromatic carbocycles. The minimum Gasteiger partial charge on any atom is -0.488 e. The maximum absolute atomic E-state index is 11.5. The molecule has 0 radical (unpaired) electrons. The zero-order valence-corrected chi connectivity index (χ0v) is 15.4. The molecule has 1 N–H and O–H groups in total. The summed E-state index contributed by atoms with van der Waals surface area (Å²) in [5.41, 5.74) is 0.00914. The Bertz CT molecular complexity index is 873. The molecule has 0 fully saturated rings. The highest BCUT2D eigenvalue weighted by Gasteiger charge is 2.12. The van der Waals surface area contributed by atoms with Crippen LogP contribution in [0.5, 0.6) is 17.2 Å². The van der Waals surface area contributed by atoms with Gasteiger partial charge < -0.3 is 19.3 Å². The normalized spacial score (nSPS) is 12.4. The van der Waals surface area contributed by atoms with E-state index in [-0.39, 0.29) is 22.3 Å². The first-order valence-electron chi connectivity index (χ1n) is 7.71. The molecule has 1 atom stereocenters. The average molecular weight is 380 g/mol. The summed E-state index contributed by atoms with van der Waals surface area (Å²) >= 11 is 0. The third-order valence-corrected chi connectivity index (χ3v) is 4.48. The minimum absolute atomic E-state index is 0.00914. The number of ether oxygens (including phenoxy) is 3. The smallest absolute Gasteiger partial charge is 0.335 e. The van der Waals surface area contributed by atoms with Gasteiger partial charge in [-0.1, -0.05) is 0 Å². The summed E-state index contributed by atoms with van der Waals surface area (Å²) in [5, 5.41) is 9.26. The van der Waals surface area contributed by atoms with Crippen LogP contribution in [-0.2, 0) is 14.6 Å². The van der Waals surface area contributed by atoms with Crippen molar-refractivity contribution in [2.24, 2.45) is 0 Å². The molecule has 0 aromatic heterocycles. The zero-order valence-electron chi connectivity index (χ0n) is 14.6. The Kier molecular flexibility index (Phi) is 6.23. The van der Waals surface area contributed by atoms with Gasteiger partial charge in [-0.05, 0) is 43.3 Å². The lowest BCUT2D eigenvalue weighted by atomic mass is 10.2. The van der Waals surface area contributed by atoms with E-state index in [2.05, 4.69) is 0 Å². The second-order valence-electron chi connectivity index (χ2n) is 5.73. The molecule has 7 nitrogen and oxygen atoms in total. The molecule has 0 amide bonds. The second-order valence-corrected chi connectivity index (χ2v) is 7.74. The first-order valence-corrected chi connectivity index (χ1v) is 9.60. The topological polar surface area (TPSA) is 99.1 Å². The molecule has 0 saturated heterocycles. The predicted molar refractivity (Wildman–Crippen MR) is 95.0 cm³/mol. The SMILES string of the molecule is COC[C@@H](C)Oc1cc(Oc2ccc(S(C)(=O)=O)cc2)cc(C(=O)O)c1. The summed E-state index contributed by atoms with van der Waals surface area (Å²) in [6.07, 6.45) is 0.843. The average Bonchev–Trinajstić information content (AvgIpc) is 2.54. The second kappa shape index (κ2) is 8.20. The van der Waals surface area contributed by atoms with E-state index in [0.717, 1.165) is 6.26 Å². The molecule has 0 aliphatic carbocycles. The third kappa shape index (κ3) is 5.47. The van der Waals surface area contributed by atoms with Crippen molar-refractivity contribution in [2.45, 2.75) is 17.9 Å². The van der Waals surface area contributed by atoms with E-state index in [4.69, 9.17) is 14.2 Å². The number of carbonyl (C=O) groups is 1. The van der Waals surface area contributed by atoms with Crippen molar-refractivity contribution in [3.63, 3.8) is 0 Å². The quantitative estimate of drug-likeness (QED) is 0.751. The molecule has 140 valence electrons. The Balaban J connectivity index is 2.27. The fourth-order valence-electron chi connectivity index (χ4n) is 2.21. The van der Waals surface area contributed by atoms with Gasteiger partial charge in [0, 0.05) is 19.4 Å². The Morgan fingerprint density at radius 2 is 1.69 bits per heavy atom. The van der Waals surface area contributed by atoms with E-state index in [1.165, 1.54) is 36.4 Å². The van der Waals surface area contributed by atoms with Crippen molar-refractivity contribution in [1.82, 2.24) is 0 Å². The van der Waals surface area contributed by atoms with Crippen LogP contribution in [0.15, 0.2) is 47.4 Å². The van der Waals surface area contributed by atoms with Crippen LogP contribution in [0.4, 0.5) is 0 Å². The summed E-state index contributed by atoms with van der Waals surface area (Å²) in [5.74, 6) is -0.156. The Hall–Kier alpha value is -2.58. The maximum Gasteiger partial charge on any atom is 0.335 e. The molecule has 0 bridgehead atoms. The highest BCUT2D eigenvalue weighted by atomic mass is 32.2. The summed E-state index contributed by atoms with van der Waals surface area (Å²) in [4.78, 5) is 11.5. The van der Waals surface area contributed by atoms with Gasteiger partial charge in [-0.25, -0.2) is 13.2 Å². The van der Waals surface area contributed by atoms with E-state index in [1.807, 2.05) is 0 Å². The molecule has 2 aromatic rings. The number of aromatic carboxylic acids is 1. The third-order valence-electron chi connectivity index (χ3n) is 3.35. The lowest BCUT2D eigenvalue weighted by Crippen LogP contribution is -2.18. The fraction of sp³-hybridized carbons (Fsp3) is 0.278. The number of hydrogen-bond acceptors (Lipinski definition) is 6. The number of hydrogen-bond donors (Lipinski definition) is 1. The van der Waals surface area contributed by atoms with Crippen LogP contribution in [0.3, 0.4) is 0 Å². The molecule has 0 heterocycles. The van der Waals surface area contributed by atoms with Crippen molar-refractivity contribution in [2.75, 3.05) is 20.0 Å². The Labute approximate surface area is 152 Å². The van der Waals surface area contributed by atoms with Crippen LogP contribution < -0.4 is 9.47 Å². The molecular weight excluding hydrogens is 360 g/mol. The van der Waals surface area contributed by atoms with Gasteiger partial charge in [0.2, 0.25) is 0 Å². The van der Waals surface area contributed by atoms with Gasteiger partial charge in [0.05, 0.1) is 17.1 Å². The molecular formula is C18H20O7S. The van der Waals surface area contributed by atoms with E-state index >= 15 is 0 Å². The van der Waals surface area contributed by atoms with Gasteiger partial charge >= 0.3 is 5.97 Å². The van der Waals surface area contributed by atoms with Crippen LogP contribution in [0.1, 0.15) is 17.3 Å². The number of sulfone groups is 1. The van der Waals surface area contributed by atoms with Crippen molar-refractivity contribution < 1.29 is 32.5 Å². The van der Waals surface area contributed by atoms with E-state index in [1.54, 1.807) is 20.1 Å². The van der Waals surface area contributed by atoms with Crippen LogP contribution in [0, 0.1) is 0 Å². The maximum atomic E-state index is 11.5. The van der Waals surface area contributed by atoms with Crippen molar-refractivity contribution in [3.05, 3.63) is 48.0 Å². The van der Waals surface area contributed by atoms with Gasteiger partial charge in [0.25, 0.3) is 0 Å². The molecule has 0 aliphatic rings. The number of benzene rings is 2. The lowest BCUT2D eigenvalue weighted by molar-refractivity contribution is 0.0693. The van der Waals surface area contributed by atoms with Crippen LogP contribution in [-0.4, -0.2) is 45.6 Å². The van der Waals surface area contributed by atoms with Crippen LogP contribution >= 0.6 is 0 Å². The lowest BCUT2D eigenvalue weighted by Gasteiger charge is -2.15. The number of carboxylic acid groups (broad SMARTS) is 1. The summed E-state index contributed by atoms with van der Waals surface area (Å²) in [6, 6.07) is 10.2. The molecule has 2 rings (SSSR count). The summed E-state index contributed by atoms with van der Waals surface area (Å²) < 4.78 is 39.3. The molecule has 0 saturated carbocycles. The molecule has 0 spiro atoms. The van der Waals surface area contributed by atoms with Gasteiger partial charge in [-0.2, -0.15) is 0 Å². The summed E-state index contributed by atoms with van der Waals surface area (Å²) in [7, 11) is -1.76. The summed E-state index contributed by atoms with van der Waals surface area (Å²) in [6.45, 7) is 2.14. The first kappa shape index (κ1) is 19.7. The van der Waals surface area contributed by atoms with Crippen molar-refractivity contribution in [3.8, 4) is 17.2 Å². The number of methoxy groups -OCH3 is 1. The monoisotopic (exact) mass is 380 g/mol. The van der Waals surface area contributed by atoms with Crippen molar-refractivity contribution in [1.29, 1.82) is 0 Å².